The van der Waals surface area contributed by atoms with Gasteiger partial charge in [0.05, 0.1) is 0 Å². The number of hydrogen-bond acceptors (Lipinski definition) is 0. The van der Waals surface area contributed by atoms with Gasteiger partial charge in [-0.2, -0.15) is 0 Å². The highest BCUT2D eigenvalue weighted by atomic mass is 13.9. The molecule has 0 aliphatic heterocycles. The molecule has 0 nitrogen and oxygen atoms in total. The molecule has 0 N–H and O–H groups in total. The Morgan fingerprint density at radius 3 is 1.40 bits per heavy atom. The summed E-state index contributed by atoms with van der Waals surface area (Å²) in [6.45, 7) is 0. The van der Waals surface area contributed by atoms with E-state index in [4.69, 9.17) is 0 Å². The third-order valence-corrected chi connectivity index (χ3v) is 2.45. The van der Waals surface area contributed by atoms with Crippen LogP contribution in [-0.4, -0.2) is 7.28 Å². The molecule has 0 bridgehead atoms. The van der Waals surface area contributed by atoms with Crippen LogP contribution in [0.3, 0.4) is 0 Å². The second-order valence-corrected chi connectivity index (χ2v) is 3.67. The fourth-order valence-electron chi connectivity index (χ4n) is 1.63. The Hall–Kier alpha value is -1.50. The van der Waals surface area contributed by atoms with Crippen LogP contribution in [0.5, 0.6) is 0 Å². The Kier molecular flexibility index (Phi) is 3.61. The molecule has 2 aromatic rings. The van der Waals surface area contributed by atoms with Gasteiger partial charge < -0.3 is 7.28 Å². The van der Waals surface area contributed by atoms with Crippen LogP contribution in [0.15, 0.2) is 60.7 Å². The van der Waals surface area contributed by atoms with Crippen molar-refractivity contribution in [1.29, 1.82) is 0 Å². The lowest BCUT2D eigenvalue weighted by Gasteiger charge is -2.14. The maximum absolute atomic E-state index is 2.32. The van der Waals surface area contributed by atoms with Crippen molar-refractivity contribution in [2.45, 2.75) is 12.6 Å². The molecule has 0 amide bonds. The van der Waals surface area contributed by atoms with Crippen molar-refractivity contribution >= 4 is 7.28 Å². The summed E-state index contributed by atoms with van der Waals surface area (Å²) < 4.78 is 0. The van der Waals surface area contributed by atoms with Crippen LogP contribution in [0.1, 0.15) is 11.1 Å². The van der Waals surface area contributed by atoms with E-state index in [2.05, 4.69) is 67.9 Å². The minimum Gasteiger partial charge on any atom is -0.325 e. The van der Waals surface area contributed by atoms with E-state index in [1.165, 1.54) is 11.1 Å². The van der Waals surface area contributed by atoms with Gasteiger partial charge in [-0.05, 0) is 0 Å². The van der Waals surface area contributed by atoms with Gasteiger partial charge in [0.1, 0.15) is 0 Å². The van der Waals surface area contributed by atoms with Gasteiger partial charge in [-0.3, -0.25) is 0 Å². The van der Waals surface area contributed by atoms with E-state index >= 15 is 0 Å². The maximum Gasteiger partial charge on any atom is -0.0621 e. The molecule has 0 aliphatic rings. The summed E-state index contributed by atoms with van der Waals surface area (Å²) in [5.74, 6) is 0. The van der Waals surface area contributed by atoms with Gasteiger partial charge in [0.2, 0.25) is 0 Å². The first-order chi connectivity index (χ1) is 7.45. The van der Waals surface area contributed by atoms with E-state index in [9.17, 15) is 0 Å². The molecule has 0 saturated carbocycles. The second-order valence-electron chi connectivity index (χ2n) is 3.67. The molecule has 0 unspecified atom stereocenters. The minimum atomic E-state index is 1.05. The SMILES string of the molecule is [B-](Cc1ccccc1)Cc1ccccc1. The molecule has 74 valence electrons. The van der Waals surface area contributed by atoms with Crippen molar-refractivity contribution in [3.63, 3.8) is 0 Å². The summed E-state index contributed by atoms with van der Waals surface area (Å²) in [7, 11) is 2.32. The van der Waals surface area contributed by atoms with E-state index in [0.29, 0.717) is 0 Å². The van der Waals surface area contributed by atoms with Crippen molar-refractivity contribution in [3.05, 3.63) is 71.8 Å². The highest BCUT2D eigenvalue weighted by Gasteiger charge is 1.83. The van der Waals surface area contributed by atoms with Crippen LogP contribution >= 0.6 is 0 Å². The Bertz CT molecular complexity index is 341. The second kappa shape index (κ2) is 5.40. The van der Waals surface area contributed by atoms with E-state index in [-0.39, 0.29) is 0 Å². The van der Waals surface area contributed by atoms with Gasteiger partial charge in [0, 0.05) is 0 Å². The largest absolute Gasteiger partial charge is 0.325 e. The first-order valence-corrected chi connectivity index (χ1v) is 5.34. The zero-order chi connectivity index (χ0) is 10.3. The number of benzene rings is 2. The zero-order valence-corrected chi connectivity index (χ0v) is 8.77. The van der Waals surface area contributed by atoms with Crippen molar-refractivity contribution in [2.75, 3.05) is 0 Å². The summed E-state index contributed by atoms with van der Waals surface area (Å²) in [6, 6.07) is 21.1. The topological polar surface area (TPSA) is 0 Å². The van der Waals surface area contributed by atoms with E-state index in [1.807, 2.05) is 0 Å². The van der Waals surface area contributed by atoms with E-state index < -0.39 is 0 Å². The molecular formula is C14H14B-. The first-order valence-electron chi connectivity index (χ1n) is 5.34. The molecule has 15 heavy (non-hydrogen) atoms. The van der Waals surface area contributed by atoms with Crippen molar-refractivity contribution in [3.8, 4) is 0 Å². The number of hydrogen-bond donors (Lipinski definition) is 0. The summed E-state index contributed by atoms with van der Waals surface area (Å²) >= 11 is 0. The van der Waals surface area contributed by atoms with Gasteiger partial charge in [0.25, 0.3) is 0 Å². The van der Waals surface area contributed by atoms with Crippen molar-refractivity contribution in [2.24, 2.45) is 0 Å². The quantitative estimate of drug-likeness (QED) is 0.654. The lowest BCUT2D eigenvalue weighted by molar-refractivity contribution is 1.30. The van der Waals surface area contributed by atoms with Crippen molar-refractivity contribution in [1.82, 2.24) is 0 Å². The highest BCUT2D eigenvalue weighted by Crippen LogP contribution is 2.02. The Balaban J connectivity index is 1.81. The minimum absolute atomic E-state index is 1.05. The molecule has 0 atom stereocenters. The van der Waals surface area contributed by atoms with Crippen LogP contribution < -0.4 is 0 Å². The summed E-state index contributed by atoms with van der Waals surface area (Å²) in [6.07, 6.45) is 2.10. The van der Waals surface area contributed by atoms with E-state index in [1.54, 1.807) is 0 Å². The monoisotopic (exact) mass is 193 g/mol. The fourth-order valence-corrected chi connectivity index (χ4v) is 1.63. The molecule has 1 heteroatoms. The Morgan fingerprint density at radius 1 is 0.600 bits per heavy atom. The molecule has 0 heterocycles. The lowest BCUT2D eigenvalue weighted by Crippen LogP contribution is -2.01. The molecule has 2 radical (unpaired) electrons. The van der Waals surface area contributed by atoms with Crippen LogP contribution in [0.2, 0.25) is 0 Å². The van der Waals surface area contributed by atoms with Gasteiger partial charge in [-0.25, -0.2) is 12.6 Å². The van der Waals surface area contributed by atoms with Crippen LogP contribution in [0.4, 0.5) is 0 Å². The fraction of sp³-hybridized carbons (Fsp3) is 0.143. The third-order valence-electron chi connectivity index (χ3n) is 2.45. The molecule has 0 saturated heterocycles. The highest BCUT2D eigenvalue weighted by molar-refractivity contribution is 6.34. The standard InChI is InChI=1S/C14H14B/c1-3-7-13(8-4-1)11-15-12-14-9-5-2-6-10-14/h1-10H,11-12H2/q-1. The van der Waals surface area contributed by atoms with Gasteiger partial charge in [-0.15, -0.1) is 0 Å². The van der Waals surface area contributed by atoms with E-state index in [0.717, 1.165) is 12.6 Å². The average molecular weight is 193 g/mol. The Labute approximate surface area is 92.2 Å². The van der Waals surface area contributed by atoms with Crippen LogP contribution in [-0.2, 0) is 12.6 Å². The van der Waals surface area contributed by atoms with Crippen molar-refractivity contribution < 1.29 is 0 Å². The normalized spacial score (nSPS) is 10.1. The van der Waals surface area contributed by atoms with Crippen LogP contribution in [0.25, 0.3) is 0 Å². The molecule has 0 spiro atoms. The lowest BCUT2D eigenvalue weighted by atomic mass is 9.67. The van der Waals surface area contributed by atoms with Crippen LogP contribution in [0, 0.1) is 0 Å². The smallest absolute Gasteiger partial charge is 0.0621 e. The molecule has 0 aromatic heterocycles. The summed E-state index contributed by atoms with van der Waals surface area (Å²) in [4.78, 5) is 0. The molecular weight excluding hydrogens is 179 g/mol. The van der Waals surface area contributed by atoms with Gasteiger partial charge in [-0.1, -0.05) is 71.8 Å². The third kappa shape index (κ3) is 3.28. The number of rotatable bonds is 4. The molecule has 0 fully saturated rings. The summed E-state index contributed by atoms with van der Waals surface area (Å²) in [5, 5.41) is 0. The van der Waals surface area contributed by atoms with Gasteiger partial charge >= 0.3 is 0 Å². The predicted octanol–water partition coefficient (Wildman–Crippen LogP) is 3.09. The van der Waals surface area contributed by atoms with Gasteiger partial charge in [0.15, 0.2) is 0 Å². The molecule has 0 aliphatic carbocycles. The average Bonchev–Trinajstić information content (AvgIpc) is 2.32. The molecule has 2 aromatic carbocycles. The first kappa shape index (κ1) is 10.0. The summed E-state index contributed by atoms with van der Waals surface area (Å²) in [5.41, 5.74) is 2.77. The maximum atomic E-state index is 2.32. The molecule has 2 rings (SSSR count). The zero-order valence-electron chi connectivity index (χ0n) is 8.77. The Morgan fingerprint density at radius 2 is 1.00 bits per heavy atom. The predicted molar refractivity (Wildman–Crippen MR) is 66.0 cm³/mol.